The van der Waals surface area contributed by atoms with Crippen LogP contribution in [0.3, 0.4) is 0 Å². The maximum atomic E-state index is 12.8. The van der Waals surface area contributed by atoms with Gasteiger partial charge in [0.25, 0.3) is 0 Å². The minimum Gasteiger partial charge on any atom is -0.338 e. The fourth-order valence-corrected chi connectivity index (χ4v) is 4.54. The van der Waals surface area contributed by atoms with Crippen molar-refractivity contribution in [3.05, 3.63) is 0 Å². The Labute approximate surface area is 159 Å². The molecule has 3 rings (SSSR count). The zero-order chi connectivity index (χ0) is 15.4. The third-order valence-corrected chi connectivity index (χ3v) is 6.00. The van der Waals surface area contributed by atoms with Gasteiger partial charge in [-0.25, -0.2) is 0 Å². The Kier molecular flexibility index (Phi) is 9.95. The number of amides is 1. The summed E-state index contributed by atoms with van der Waals surface area (Å²) in [6, 6.07) is 0.488. The molecule has 4 nitrogen and oxygen atoms in total. The summed E-state index contributed by atoms with van der Waals surface area (Å²) in [4.78, 5) is 17.5. The summed E-state index contributed by atoms with van der Waals surface area (Å²) in [5.41, 5.74) is 0. The van der Waals surface area contributed by atoms with Crippen molar-refractivity contribution in [1.29, 1.82) is 0 Å². The van der Waals surface area contributed by atoms with E-state index < -0.39 is 0 Å². The van der Waals surface area contributed by atoms with Gasteiger partial charge in [0.1, 0.15) is 0 Å². The van der Waals surface area contributed by atoms with E-state index in [0.717, 1.165) is 32.6 Å². The highest BCUT2D eigenvalue weighted by molar-refractivity contribution is 5.85. The van der Waals surface area contributed by atoms with Crippen LogP contribution in [0.15, 0.2) is 0 Å². The number of piperidine rings is 1. The van der Waals surface area contributed by atoms with Crippen LogP contribution in [0, 0.1) is 11.8 Å². The number of likely N-dealkylation sites (tertiary alicyclic amines) is 2. The van der Waals surface area contributed by atoms with Crippen LogP contribution >= 0.6 is 24.8 Å². The molecule has 0 aromatic heterocycles. The molecular formula is C18H35Cl2N3O. The van der Waals surface area contributed by atoms with Gasteiger partial charge >= 0.3 is 0 Å². The van der Waals surface area contributed by atoms with Gasteiger partial charge in [-0.15, -0.1) is 24.8 Å². The van der Waals surface area contributed by atoms with Crippen molar-refractivity contribution in [3.8, 4) is 0 Å². The Morgan fingerprint density at radius 2 is 1.83 bits per heavy atom. The van der Waals surface area contributed by atoms with Crippen molar-refractivity contribution in [2.45, 2.75) is 57.9 Å². The molecule has 3 aliphatic rings. The van der Waals surface area contributed by atoms with Crippen molar-refractivity contribution >= 4 is 30.7 Å². The predicted octanol–water partition coefficient (Wildman–Crippen LogP) is 2.94. The largest absolute Gasteiger partial charge is 0.338 e. The number of carbonyl (C=O) groups is 1. The van der Waals surface area contributed by atoms with E-state index in [1.807, 2.05) is 0 Å². The van der Waals surface area contributed by atoms with Gasteiger partial charge in [0.05, 0.1) is 0 Å². The second-order valence-corrected chi connectivity index (χ2v) is 7.68. The first kappa shape index (κ1) is 22.0. The number of rotatable bonds is 5. The molecule has 24 heavy (non-hydrogen) atoms. The minimum absolute atomic E-state index is 0. The molecule has 3 fully saturated rings. The van der Waals surface area contributed by atoms with Crippen molar-refractivity contribution in [1.82, 2.24) is 15.1 Å². The van der Waals surface area contributed by atoms with Crippen LogP contribution in [-0.2, 0) is 4.79 Å². The second-order valence-electron chi connectivity index (χ2n) is 7.68. The molecule has 1 N–H and O–H groups in total. The molecule has 3 heterocycles. The molecule has 0 aliphatic carbocycles. The Balaban J connectivity index is 0.00000144. The second kappa shape index (κ2) is 10.8. The first-order valence-corrected chi connectivity index (χ1v) is 9.46. The Bertz CT molecular complexity index is 371. The fraction of sp³-hybridized carbons (Fsp3) is 0.944. The smallest absolute Gasteiger partial charge is 0.223 e. The average Bonchev–Trinajstić information content (AvgIpc) is 3.20. The van der Waals surface area contributed by atoms with Gasteiger partial charge in [-0.2, -0.15) is 0 Å². The van der Waals surface area contributed by atoms with Crippen LogP contribution in [-0.4, -0.2) is 61.0 Å². The third-order valence-electron chi connectivity index (χ3n) is 6.00. The molecule has 0 spiro atoms. The first-order chi connectivity index (χ1) is 10.7. The lowest BCUT2D eigenvalue weighted by molar-refractivity contribution is -0.133. The SMILES string of the molecule is CC(CC(=O)N1CCCC1CN1CCCC1)C1CCCNC1.Cl.Cl. The number of halogens is 2. The molecule has 0 radical (unpaired) electrons. The molecule has 3 saturated heterocycles. The van der Waals surface area contributed by atoms with E-state index in [-0.39, 0.29) is 24.8 Å². The summed E-state index contributed by atoms with van der Waals surface area (Å²) < 4.78 is 0. The first-order valence-electron chi connectivity index (χ1n) is 9.46. The lowest BCUT2D eigenvalue weighted by Crippen LogP contribution is -2.43. The third kappa shape index (κ3) is 5.76. The number of hydrogen-bond donors (Lipinski definition) is 1. The lowest BCUT2D eigenvalue weighted by Gasteiger charge is -2.32. The highest BCUT2D eigenvalue weighted by Gasteiger charge is 2.32. The quantitative estimate of drug-likeness (QED) is 0.797. The normalized spacial score (nSPS) is 29.0. The van der Waals surface area contributed by atoms with E-state index in [1.54, 1.807) is 0 Å². The summed E-state index contributed by atoms with van der Waals surface area (Å²) in [7, 11) is 0. The zero-order valence-electron chi connectivity index (χ0n) is 15.0. The Morgan fingerprint density at radius 3 is 2.50 bits per heavy atom. The summed E-state index contributed by atoms with van der Waals surface area (Å²) in [6.45, 7) is 9.12. The fourth-order valence-electron chi connectivity index (χ4n) is 4.54. The van der Waals surface area contributed by atoms with Gasteiger partial charge in [-0.3, -0.25) is 4.79 Å². The molecule has 1 amide bonds. The molecule has 3 aliphatic heterocycles. The van der Waals surface area contributed by atoms with Crippen molar-refractivity contribution in [3.63, 3.8) is 0 Å². The average molecular weight is 380 g/mol. The Hall–Kier alpha value is -0.0300. The van der Waals surface area contributed by atoms with Crippen LogP contribution < -0.4 is 5.32 Å². The highest BCUT2D eigenvalue weighted by Crippen LogP contribution is 2.26. The van der Waals surface area contributed by atoms with Crippen LogP contribution in [0.25, 0.3) is 0 Å². The zero-order valence-corrected chi connectivity index (χ0v) is 16.7. The maximum Gasteiger partial charge on any atom is 0.223 e. The molecule has 3 atom stereocenters. The molecule has 3 unspecified atom stereocenters. The number of nitrogens with zero attached hydrogens (tertiary/aromatic N) is 2. The summed E-state index contributed by atoms with van der Waals surface area (Å²) >= 11 is 0. The van der Waals surface area contributed by atoms with E-state index in [4.69, 9.17) is 0 Å². The summed E-state index contributed by atoms with van der Waals surface area (Å²) in [5, 5.41) is 3.48. The van der Waals surface area contributed by atoms with E-state index >= 15 is 0 Å². The topological polar surface area (TPSA) is 35.6 Å². The summed E-state index contributed by atoms with van der Waals surface area (Å²) in [6.07, 6.45) is 8.40. The van der Waals surface area contributed by atoms with Crippen LogP contribution in [0.5, 0.6) is 0 Å². The van der Waals surface area contributed by atoms with E-state index in [2.05, 4.69) is 22.0 Å². The van der Waals surface area contributed by atoms with E-state index in [9.17, 15) is 4.79 Å². The predicted molar refractivity (Wildman–Crippen MR) is 104 cm³/mol. The maximum absolute atomic E-state index is 12.8. The Morgan fingerprint density at radius 1 is 1.08 bits per heavy atom. The van der Waals surface area contributed by atoms with Gasteiger partial charge in [-0.1, -0.05) is 6.92 Å². The van der Waals surface area contributed by atoms with E-state index in [0.29, 0.717) is 23.8 Å². The van der Waals surface area contributed by atoms with Crippen molar-refractivity contribution < 1.29 is 4.79 Å². The van der Waals surface area contributed by atoms with Gasteiger partial charge in [0.15, 0.2) is 0 Å². The van der Waals surface area contributed by atoms with E-state index in [1.165, 1.54) is 51.6 Å². The standard InChI is InChI=1S/C18H33N3O.2ClH/c1-15(16-6-4-8-19-13-16)12-18(22)21-11-5-7-17(21)14-20-9-2-3-10-20;;/h15-17,19H,2-14H2,1H3;2*1H. The monoisotopic (exact) mass is 379 g/mol. The molecule has 6 heteroatoms. The molecule has 142 valence electrons. The van der Waals surface area contributed by atoms with Gasteiger partial charge in [-0.05, 0) is 76.5 Å². The molecule has 0 aromatic rings. The minimum atomic E-state index is 0. The molecular weight excluding hydrogens is 345 g/mol. The molecule has 0 bridgehead atoms. The molecule has 0 saturated carbocycles. The van der Waals surface area contributed by atoms with Crippen LogP contribution in [0.2, 0.25) is 0 Å². The lowest BCUT2D eigenvalue weighted by atomic mass is 9.85. The van der Waals surface area contributed by atoms with Gasteiger partial charge in [0.2, 0.25) is 5.91 Å². The van der Waals surface area contributed by atoms with Crippen molar-refractivity contribution in [2.75, 3.05) is 39.3 Å². The van der Waals surface area contributed by atoms with Gasteiger partial charge in [0, 0.05) is 25.6 Å². The number of nitrogens with one attached hydrogen (secondary N) is 1. The number of carbonyl (C=O) groups excluding carboxylic acids is 1. The van der Waals surface area contributed by atoms with Crippen molar-refractivity contribution in [2.24, 2.45) is 11.8 Å². The van der Waals surface area contributed by atoms with Crippen LogP contribution in [0.1, 0.15) is 51.9 Å². The van der Waals surface area contributed by atoms with Crippen LogP contribution in [0.4, 0.5) is 0 Å². The molecule has 0 aromatic carbocycles. The highest BCUT2D eigenvalue weighted by atomic mass is 35.5. The van der Waals surface area contributed by atoms with Gasteiger partial charge < -0.3 is 15.1 Å². The summed E-state index contributed by atoms with van der Waals surface area (Å²) in [5.74, 6) is 1.63. The number of hydrogen-bond acceptors (Lipinski definition) is 3.